The molecule has 0 bridgehead atoms. The maximum absolute atomic E-state index is 12.3. The summed E-state index contributed by atoms with van der Waals surface area (Å²) in [7, 11) is -22.3. The summed E-state index contributed by atoms with van der Waals surface area (Å²) in [5.74, 6) is -11.4. The Kier molecular flexibility index (Phi) is 43.7. The molecular formula is C72H72I5O35S5-5. The molecule has 0 spiro atoms. The van der Waals surface area contributed by atoms with E-state index in [-0.39, 0.29) is 92.7 Å². The molecule has 8 rings (SSSR count). The summed E-state index contributed by atoms with van der Waals surface area (Å²) in [6, 6.07) is 30.9. The second kappa shape index (κ2) is 49.8. The summed E-state index contributed by atoms with van der Waals surface area (Å²) < 4.78 is 211. The second-order valence-corrected chi connectivity index (χ2v) is 38.4. The maximum atomic E-state index is 12.3. The smallest absolute Gasteiger partial charge is 0.343 e. The molecule has 2 aliphatic carbocycles. The molecule has 0 amide bonds. The van der Waals surface area contributed by atoms with E-state index in [2.05, 4.69) is 4.74 Å². The first-order valence-electron chi connectivity index (χ1n) is 34.2. The molecule has 6 aromatic rings. The fraction of sp³-hybridized carbons (Fsp3) is 0.361. The number of hydrogen-bond donors (Lipinski definition) is 0. The van der Waals surface area contributed by atoms with Crippen LogP contribution in [0.3, 0.4) is 0 Å². The number of esters is 10. The highest BCUT2D eigenvalue weighted by molar-refractivity contribution is 14.1. The van der Waals surface area contributed by atoms with Crippen LogP contribution in [0.1, 0.15) is 147 Å². The van der Waals surface area contributed by atoms with Crippen LogP contribution in [0.2, 0.25) is 0 Å². The van der Waals surface area contributed by atoms with Crippen molar-refractivity contribution in [1.82, 2.24) is 0 Å². The predicted octanol–water partition coefficient (Wildman–Crippen LogP) is 9.64. The third-order valence-corrected chi connectivity index (χ3v) is 21.8. The number of carbonyl (C=O) groups is 10. The lowest BCUT2D eigenvalue weighted by atomic mass is 9.89. The van der Waals surface area contributed by atoms with Crippen LogP contribution in [0.15, 0.2) is 121 Å². The van der Waals surface area contributed by atoms with E-state index >= 15 is 0 Å². The summed E-state index contributed by atoms with van der Waals surface area (Å²) in [6.07, 6.45) is 8.22. The van der Waals surface area contributed by atoms with E-state index in [0.29, 0.717) is 9.13 Å². The van der Waals surface area contributed by atoms with E-state index in [4.69, 9.17) is 42.6 Å². The zero-order valence-corrected chi connectivity index (χ0v) is 76.5. The van der Waals surface area contributed by atoms with Crippen molar-refractivity contribution < 1.29 is 160 Å². The minimum Gasteiger partial charge on any atom is -0.748 e. The topological polar surface area (TPSA) is 549 Å². The molecule has 0 saturated heterocycles. The van der Waals surface area contributed by atoms with Crippen molar-refractivity contribution in [2.45, 2.75) is 85.0 Å². The maximum Gasteiger partial charge on any atom is 0.343 e. The molecule has 35 nitrogen and oxygen atoms in total. The largest absolute Gasteiger partial charge is 0.748 e. The molecule has 0 radical (unpaired) electrons. The van der Waals surface area contributed by atoms with Crippen molar-refractivity contribution in [2.75, 3.05) is 61.8 Å². The highest BCUT2D eigenvalue weighted by Gasteiger charge is 2.29. The Hall–Kier alpha value is -6.78. The van der Waals surface area contributed by atoms with Gasteiger partial charge >= 0.3 is 59.7 Å². The van der Waals surface area contributed by atoms with E-state index in [9.17, 15) is 113 Å². The summed E-state index contributed by atoms with van der Waals surface area (Å²) in [5, 5.41) is 0. The van der Waals surface area contributed by atoms with Gasteiger partial charge in [0.25, 0.3) is 0 Å². The standard InChI is InChI=1S/C16H19IO7S.C16H13IO7S.C15H17IO7S.C13H15IO7S.C12H13IO7S/c2*17-12-6-7-13(16(19)23-8-9-25(20,21)22)14(10-12)24-15(18)11-4-2-1-3-5-11;16-11-5-6-12(15(18)22-7-8-24(19,20)21)13(9-11)23-14(17)10-3-1-2-4-10;1-8(2)12(15)21-11-7-9(14)3-4-10(11)13(16)20-5-6-22(17,18)19;1-2-11(14)20-10-7-8(13)3-4-9(10)12(15)19-5-6-21(16,17)18/h6-7,10-11H,1-5,8-9H2,(H,20,21,22);1-7,10H,8-9H2,(H,20,21,22);5-6,9-10H,1-4,7-8H2,(H,19,20,21);3-4,7-8H,5-6H2,1-2H3,(H,17,18,19);3-4,7H,2,5-6H2,1H3,(H,16,17,18)/p-5. The third kappa shape index (κ3) is 41.4. The van der Waals surface area contributed by atoms with Crippen LogP contribution in [0.5, 0.6) is 28.7 Å². The molecular weight excluding hydrogens is 2220 g/mol. The molecule has 45 heteroatoms. The zero-order chi connectivity index (χ0) is 87.6. The van der Waals surface area contributed by atoms with Crippen molar-refractivity contribution in [3.63, 3.8) is 0 Å². The van der Waals surface area contributed by atoms with Crippen molar-refractivity contribution in [2.24, 2.45) is 17.8 Å². The van der Waals surface area contributed by atoms with Gasteiger partial charge in [0.15, 0.2) is 0 Å². The minimum atomic E-state index is -4.49. The van der Waals surface area contributed by atoms with Crippen LogP contribution in [0, 0.1) is 35.6 Å². The van der Waals surface area contributed by atoms with Crippen LogP contribution in [-0.2, 0) is 93.5 Å². The Balaban J connectivity index is 0.000000308. The molecule has 0 aliphatic heterocycles. The Morgan fingerprint density at radius 3 is 0.846 bits per heavy atom. The van der Waals surface area contributed by atoms with Gasteiger partial charge in [-0.25, -0.2) is 70.9 Å². The van der Waals surface area contributed by atoms with Crippen LogP contribution in [0.25, 0.3) is 0 Å². The lowest BCUT2D eigenvalue weighted by Crippen LogP contribution is -2.24. The van der Waals surface area contributed by atoms with Crippen LogP contribution in [0.4, 0.5) is 0 Å². The zero-order valence-electron chi connectivity index (χ0n) is 61.6. The third-order valence-electron chi connectivity index (χ3n) is 15.1. The number of benzene rings is 6. The molecule has 2 saturated carbocycles. The van der Waals surface area contributed by atoms with Gasteiger partial charge in [-0.05, 0) is 242 Å². The molecule has 640 valence electrons. The summed E-state index contributed by atoms with van der Waals surface area (Å²) in [5.41, 5.74) is 0.266. The van der Waals surface area contributed by atoms with E-state index in [1.54, 1.807) is 87.5 Å². The van der Waals surface area contributed by atoms with Gasteiger partial charge in [0.05, 0.1) is 103 Å². The monoisotopic (exact) mass is 2290 g/mol. The SMILES string of the molecule is CC(C)C(=O)Oc1cc(I)ccc1C(=O)OCCS(=O)(=O)[O-].CCC(=O)Oc1cc(I)ccc1C(=O)OCCS(=O)(=O)[O-].O=C(OCCS(=O)(=O)[O-])c1ccc(I)cc1OC(=O)C1CCCC1.O=C(OCCS(=O)(=O)[O-])c1ccc(I)cc1OC(=O)C1CCCCC1.O=C(Oc1cc(I)ccc1C(=O)OCCS(=O)(=O)[O-])c1ccccc1. The number of carbonyl (C=O) groups excluding carboxylic acids is 10. The minimum absolute atomic E-state index is 0.0134. The lowest BCUT2D eigenvalue weighted by molar-refractivity contribution is -0.140. The Morgan fingerprint density at radius 1 is 0.342 bits per heavy atom. The molecule has 6 aromatic carbocycles. The number of ether oxygens (including phenoxy) is 10. The van der Waals surface area contributed by atoms with Gasteiger partial charge in [-0.3, -0.25) is 19.2 Å². The lowest BCUT2D eigenvalue weighted by Gasteiger charge is -2.20. The highest BCUT2D eigenvalue weighted by Crippen LogP contribution is 2.32. The van der Waals surface area contributed by atoms with E-state index in [1.807, 2.05) is 113 Å². The first-order chi connectivity index (χ1) is 54.6. The predicted molar refractivity (Wildman–Crippen MR) is 448 cm³/mol. The Labute approximate surface area is 741 Å². The summed E-state index contributed by atoms with van der Waals surface area (Å²) in [6.45, 7) is 2.10. The van der Waals surface area contributed by atoms with Gasteiger partial charge in [0.1, 0.15) is 89.6 Å². The van der Waals surface area contributed by atoms with Crippen LogP contribution >= 0.6 is 113 Å². The van der Waals surface area contributed by atoms with Crippen molar-refractivity contribution in [3.05, 3.63) is 173 Å². The Morgan fingerprint density at radius 2 is 0.590 bits per heavy atom. The van der Waals surface area contributed by atoms with Gasteiger partial charge in [0.2, 0.25) is 0 Å². The number of rotatable bonds is 30. The molecule has 2 fully saturated rings. The quantitative estimate of drug-likeness (QED) is 0.0133. The molecule has 0 atom stereocenters. The first kappa shape index (κ1) is 103. The van der Waals surface area contributed by atoms with Crippen LogP contribution in [-0.4, -0.2) is 186 Å². The molecule has 0 N–H and O–H groups in total. The molecule has 2 aliphatic rings. The van der Waals surface area contributed by atoms with Gasteiger partial charge in [-0.2, -0.15) is 0 Å². The second-order valence-electron chi connectivity index (χ2n) is 24.5. The average molecular weight is 2290 g/mol. The van der Waals surface area contributed by atoms with E-state index in [0.717, 1.165) is 72.1 Å². The first-order valence-corrected chi connectivity index (χ1v) is 47.5. The highest BCUT2D eigenvalue weighted by atomic mass is 127. The molecule has 0 unspecified atom stereocenters. The van der Waals surface area contributed by atoms with Gasteiger partial charge in [-0.15, -0.1) is 0 Å². The van der Waals surface area contributed by atoms with Crippen molar-refractivity contribution in [3.8, 4) is 28.7 Å². The fourth-order valence-corrected chi connectivity index (χ4v) is 13.1. The van der Waals surface area contributed by atoms with Gasteiger partial charge in [-0.1, -0.05) is 71.1 Å². The summed E-state index contributed by atoms with van der Waals surface area (Å²) in [4.78, 5) is 120. The van der Waals surface area contributed by atoms with Gasteiger partial charge < -0.3 is 70.1 Å². The van der Waals surface area contributed by atoms with Crippen molar-refractivity contribution in [1.29, 1.82) is 0 Å². The van der Waals surface area contributed by atoms with E-state index < -0.39 is 160 Å². The normalized spacial score (nSPS) is 12.9. The Bertz CT molecular complexity index is 5110. The number of halogens is 5. The van der Waals surface area contributed by atoms with Crippen LogP contribution < -0.4 is 23.7 Å². The number of hydrogen-bond acceptors (Lipinski definition) is 35. The summed E-state index contributed by atoms with van der Waals surface area (Å²) >= 11 is 9.98. The average Bonchev–Trinajstić information content (AvgIpc) is 0.918. The van der Waals surface area contributed by atoms with Gasteiger partial charge in [0, 0.05) is 24.3 Å². The van der Waals surface area contributed by atoms with E-state index in [1.165, 1.54) is 54.6 Å². The fourth-order valence-electron chi connectivity index (χ4n) is 9.35. The molecule has 0 heterocycles. The van der Waals surface area contributed by atoms with Crippen molar-refractivity contribution >= 4 is 223 Å². The molecule has 117 heavy (non-hydrogen) atoms. The molecule has 0 aromatic heterocycles.